The number of carboxylic acids is 1. The predicted molar refractivity (Wildman–Crippen MR) is 153 cm³/mol. The molecule has 0 radical (unpaired) electrons. The van der Waals surface area contributed by atoms with Gasteiger partial charge in [-0.15, -0.1) is 0 Å². The van der Waals surface area contributed by atoms with Crippen LogP contribution >= 0.6 is 23.2 Å². The van der Waals surface area contributed by atoms with Crippen LogP contribution in [0.1, 0.15) is 58.3 Å². The van der Waals surface area contributed by atoms with Crippen molar-refractivity contribution in [2.24, 2.45) is 5.41 Å². The van der Waals surface area contributed by atoms with Gasteiger partial charge in [-0.3, -0.25) is 19.7 Å². The highest BCUT2D eigenvalue weighted by Gasteiger charge is 2.48. The molecule has 4 rings (SSSR count). The smallest absolute Gasteiger partial charge is 0.306 e. The van der Waals surface area contributed by atoms with Crippen LogP contribution in [0.2, 0.25) is 10.0 Å². The van der Waals surface area contributed by atoms with E-state index in [9.17, 15) is 19.6 Å². The van der Waals surface area contributed by atoms with E-state index in [1.165, 1.54) is 0 Å². The topological polar surface area (TPSA) is 126 Å². The number of nitriles is 1. The van der Waals surface area contributed by atoms with Crippen molar-refractivity contribution in [2.45, 2.75) is 38.0 Å². The Hall–Kier alpha value is -3.74. The molecule has 1 fully saturated rings. The number of hydrogen-bond acceptors (Lipinski definition) is 7. The molecule has 10 heteroatoms. The minimum absolute atomic E-state index is 0.0703. The Morgan fingerprint density at radius 3 is 2.34 bits per heavy atom. The molecule has 0 amide bonds. The third-order valence-electron chi connectivity index (χ3n) is 7.03. The molecule has 0 bridgehead atoms. The number of rotatable bonds is 14. The molecule has 1 aliphatic carbocycles. The maximum absolute atomic E-state index is 12.3. The van der Waals surface area contributed by atoms with Crippen LogP contribution < -0.4 is 5.32 Å². The van der Waals surface area contributed by atoms with E-state index >= 15 is 0 Å². The van der Waals surface area contributed by atoms with Crippen molar-refractivity contribution >= 4 is 41.4 Å². The normalized spacial score (nSPS) is 14.9. The van der Waals surface area contributed by atoms with Gasteiger partial charge in [0.1, 0.15) is 0 Å². The number of nitrogens with zero attached hydrogens (tertiary/aromatic N) is 1. The van der Waals surface area contributed by atoms with Gasteiger partial charge in [-0.2, -0.15) is 5.26 Å². The van der Waals surface area contributed by atoms with Crippen molar-refractivity contribution in [3.05, 3.63) is 105 Å². The largest absolute Gasteiger partial charge is 0.481 e. The first-order valence-corrected chi connectivity index (χ1v) is 13.7. The van der Waals surface area contributed by atoms with Gasteiger partial charge in [0.2, 0.25) is 0 Å². The SMILES string of the molecule is N#Cc1ccc(CNC(OCC2(COC(=O)CCC(=O)O)CC2)(c2ccc(Cl)cc2)c2c(Cl)cccc2C=O)cc1. The van der Waals surface area contributed by atoms with Gasteiger partial charge in [-0.05, 0) is 48.7 Å². The van der Waals surface area contributed by atoms with Gasteiger partial charge < -0.3 is 14.6 Å². The Morgan fingerprint density at radius 1 is 1.02 bits per heavy atom. The maximum Gasteiger partial charge on any atom is 0.306 e. The van der Waals surface area contributed by atoms with Gasteiger partial charge in [0.25, 0.3) is 0 Å². The highest BCUT2D eigenvalue weighted by Crippen LogP contribution is 2.49. The highest BCUT2D eigenvalue weighted by molar-refractivity contribution is 6.32. The third kappa shape index (κ3) is 7.51. The molecule has 0 saturated heterocycles. The molecule has 3 aromatic carbocycles. The summed E-state index contributed by atoms with van der Waals surface area (Å²) in [6, 6.07) is 21.2. The zero-order chi connectivity index (χ0) is 29.5. The Kier molecular flexibility index (Phi) is 9.79. The van der Waals surface area contributed by atoms with E-state index in [1.807, 2.05) is 12.1 Å². The third-order valence-corrected chi connectivity index (χ3v) is 7.60. The van der Waals surface area contributed by atoms with Crippen molar-refractivity contribution in [2.75, 3.05) is 13.2 Å². The first kappa shape index (κ1) is 30.2. The van der Waals surface area contributed by atoms with Crippen LogP contribution in [0, 0.1) is 16.7 Å². The molecular formula is C31H28Cl2N2O6. The quantitative estimate of drug-likeness (QED) is 0.135. The lowest BCUT2D eigenvalue weighted by Gasteiger charge is -2.38. The number of carbonyl (C=O) groups excluding carboxylic acids is 2. The standard InChI is InChI=1S/C31H28Cl2N2O6/c32-25-10-8-24(9-11-25)31(29-23(18-36)2-1-3-26(29)33,35-17-22-6-4-21(16-34)5-7-22)41-20-30(14-15-30)19-40-28(39)13-12-27(37)38/h1-11,18,35H,12-15,17,19-20H2,(H,37,38). The van der Waals surface area contributed by atoms with Crippen molar-refractivity contribution < 1.29 is 29.0 Å². The second kappa shape index (κ2) is 13.3. The first-order valence-electron chi connectivity index (χ1n) is 13.0. The summed E-state index contributed by atoms with van der Waals surface area (Å²) in [7, 11) is 0. The van der Waals surface area contributed by atoms with Crippen LogP contribution in [0.15, 0.2) is 66.7 Å². The molecule has 1 aliphatic rings. The molecular weight excluding hydrogens is 567 g/mol. The summed E-state index contributed by atoms with van der Waals surface area (Å²) in [6.45, 7) is 0.502. The molecule has 0 spiro atoms. The van der Waals surface area contributed by atoms with Gasteiger partial charge in [0.15, 0.2) is 12.0 Å². The summed E-state index contributed by atoms with van der Waals surface area (Å²) in [4.78, 5) is 35.2. The second-order valence-electron chi connectivity index (χ2n) is 10.0. The molecule has 2 N–H and O–H groups in total. The minimum Gasteiger partial charge on any atom is -0.481 e. The van der Waals surface area contributed by atoms with E-state index in [0.29, 0.717) is 32.3 Å². The predicted octanol–water partition coefficient (Wildman–Crippen LogP) is 5.87. The van der Waals surface area contributed by atoms with Crippen molar-refractivity contribution in [3.63, 3.8) is 0 Å². The zero-order valence-corrected chi connectivity index (χ0v) is 23.6. The summed E-state index contributed by atoms with van der Waals surface area (Å²) in [5, 5.41) is 22.3. The van der Waals surface area contributed by atoms with E-state index in [4.69, 9.17) is 37.8 Å². The van der Waals surface area contributed by atoms with Gasteiger partial charge in [-0.25, -0.2) is 0 Å². The number of carboxylic acid groups (broad SMARTS) is 1. The Morgan fingerprint density at radius 2 is 1.73 bits per heavy atom. The van der Waals surface area contributed by atoms with Crippen LogP contribution in [0.3, 0.4) is 0 Å². The Bertz CT molecular complexity index is 1450. The lowest BCUT2D eigenvalue weighted by Crippen LogP contribution is -2.48. The summed E-state index contributed by atoms with van der Waals surface area (Å²) in [5.74, 6) is -1.66. The first-order chi connectivity index (χ1) is 19.7. The molecule has 0 aromatic heterocycles. The van der Waals surface area contributed by atoms with Crippen molar-refractivity contribution in [3.8, 4) is 6.07 Å². The van der Waals surface area contributed by atoms with Crippen LogP contribution in [0.5, 0.6) is 0 Å². The van der Waals surface area contributed by atoms with Crippen LogP contribution in [-0.2, 0) is 31.3 Å². The average Bonchev–Trinajstić information content (AvgIpc) is 3.76. The number of ether oxygens (including phenoxy) is 2. The molecule has 0 heterocycles. The lowest BCUT2D eigenvalue weighted by atomic mass is 9.89. The molecule has 1 saturated carbocycles. The van der Waals surface area contributed by atoms with E-state index < -0.39 is 23.1 Å². The average molecular weight is 595 g/mol. The Labute approximate surface area is 247 Å². The number of carbonyl (C=O) groups is 3. The summed E-state index contributed by atoms with van der Waals surface area (Å²) < 4.78 is 12.2. The van der Waals surface area contributed by atoms with Gasteiger partial charge in [0.05, 0.1) is 37.7 Å². The number of esters is 1. The fraction of sp³-hybridized carbons (Fsp3) is 0.290. The minimum atomic E-state index is -1.42. The van der Waals surface area contributed by atoms with Crippen LogP contribution in [-0.4, -0.2) is 36.5 Å². The maximum atomic E-state index is 12.3. The molecule has 1 atom stereocenters. The summed E-state index contributed by atoms with van der Waals surface area (Å²) >= 11 is 13.0. The molecule has 41 heavy (non-hydrogen) atoms. The number of nitrogens with one attached hydrogen (secondary N) is 1. The van der Waals surface area contributed by atoms with E-state index in [0.717, 1.165) is 24.7 Å². The van der Waals surface area contributed by atoms with Gasteiger partial charge in [-0.1, -0.05) is 59.6 Å². The van der Waals surface area contributed by atoms with E-state index in [-0.39, 0.29) is 32.6 Å². The lowest BCUT2D eigenvalue weighted by molar-refractivity contribution is -0.151. The highest BCUT2D eigenvalue weighted by atomic mass is 35.5. The fourth-order valence-electron chi connectivity index (χ4n) is 4.44. The number of halogens is 2. The summed E-state index contributed by atoms with van der Waals surface area (Å²) in [5.41, 5.74) is 0.870. The number of benzene rings is 3. The number of hydrogen-bond donors (Lipinski definition) is 2. The molecule has 8 nitrogen and oxygen atoms in total. The molecule has 0 aliphatic heterocycles. The monoisotopic (exact) mass is 594 g/mol. The van der Waals surface area contributed by atoms with E-state index in [1.54, 1.807) is 54.6 Å². The second-order valence-corrected chi connectivity index (χ2v) is 10.9. The zero-order valence-electron chi connectivity index (χ0n) is 22.1. The number of aldehydes is 1. The van der Waals surface area contributed by atoms with E-state index in [2.05, 4.69) is 11.4 Å². The van der Waals surface area contributed by atoms with Crippen molar-refractivity contribution in [1.29, 1.82) is 5.26 Å². The van der Waals surface area contributed by atoms with Crippen molar-refractivity contribution in [1.82, 2.24) is 5.32 Å². The van der Waals surface area contributed by atoms with Crippen LogP contribution in [0.25, 0.3) is 0 Å². The summed E-state index contributed by atoms with van der Waals surface area (Å²) in [6.07, 6.45) is 1.66. The van der Waals surface area contributed by atoms with Gasteiger partial charge >= 0.3 is 11.9 Å². The molecule has 212 valence electrons. The Balaban J connectivity index is 1.70. The van der Waals surface area contributed by atoms with Gasteiger partial charge in [0, 0.05) is 38.7 Å². The number of aliphatic carboxylic acids is 1. The molecule has 1 unspecified atom stereocenters. The molecule has 3 aromatic rings. The fourth-order valence-corrected chi connectivity index (χ4v) is 4.88. The van der Waals surface area contributed by atoms with Crippen LogP contribution in [0.4, 0.5) is 0 Å².